The van der Waals surface area contributed by atoms with Crippen LogP contribution in [0.3, 0.4) is 0 Å². The van der Waals surface area contributed by atoms with Gasteiger partial charge < -0.3 is 5.32 Å². The van der Waals surface area contributed by atoms with Crippen molar-refractivity contribution in [2.24, 2.45) is 0 Å². The third kappa shape index (κ3) is 4.64. The van der Waals surface area contributed by atoms with Crippen molar-refractivity contribution in [3.8, 4) is 0 Å². The number of hydrogen-bond acceptors (Lipinski definition) is 1. The van der Waals surface area contributed by atoms with Gasteiger partial charge in [-0.15, -0.1) is 0 Å². The molecule has 0 aliphatic rings. The summed E-state index contributed by atoms with van der Waals surface area (Å²) in [7, 11) is 1.87. The normalized spacial score (nSPS) is 12.7. The van der Waals surface area contributed by atoms with Gasteiger partial charge in [-0.3, -0.25) is 0 Å². The summed E-state index contributed by atoms with van der Waals surface area (Å²) in [5.74, 6) is -0.177. The maximum absolute atomic E-state index is 13.7. The maximum Gasteiger partial charge on any atom is 0.128 e. The van der Waals surface area contributed by atoms with Crippen LogP contribution >= 0.6 is 11.6 Å². The Morgan fingerprint density at radius 3 is 2.71 bits per heavy atom. The minimum absolute atomic E-state index is 0.0607. The number of hydrogen-bond donors (Lipinski definition) is 1. The van der Waals surface area contributed by atoms with E-state index in [4.69, 9.17) is 11.6 Å². The fourth-order valence-corrected chi connectivity index (χ4v) is 2.19. The number of benzene rings is 1. The zero-order chi connectivity index (χ0) is 12.7. The molecule has 96 valence electrons. The molecule has 17 heavy (non-hydrogen) atoms. The highest BCUT2D eigenvalue weighted by Gasteiger charge is 2.13. The van der Waals surface area contributed by atoms with E-state index in [1.807, 2.05) is 7.05 Å². The molecule has 0 aliphatic carbocycles. The summed E-state index contributed by atoms with van der Waals surface area (Å²) in [6, 6.07) is 4.81. The lowest BCUT2D eigenvalue weighted by atomic mass is 10.00. The van der Waals surface area contributed by atoms with Gasteiger partial charge in [0.25, 0.3) is 0 Å². The number of unbranched alkanes of at least 4 members (excludes halogenated alkanes) is 3. The number of halogens is 2. The predicted molar refractivity (Wildman–Crippen MR) is 72.0 cm³/mol. The van der Waals surface area contributed by atoms with E-state index in [0.29, 0.717) is 10.6 Å². The molecule has 0 fully saturated rings. The summed E-state index contributed by atoms with van der Waals surface area (Å²) in [6.07, 6.45) is 5.74. The lowest BCUT2D eigenvalue weighted by Gasteiger charge is -2.17. The molecule has 0 amide bonds. The van der Waals surface area contributed by atoms with Gasteiger partial charge in [-0.2, -0.15) is 0 Å². The molecule has 1 atom stereocenters. The molecular formula is C14H21ClFN. The molecule has 1 rings (SSSR count). The van der Waals surface area contributed by atoms with Crippen LogP contribution in [0.25, 0.3) is 0 Å². The lowest BCUT2D eigenvalue weighted by Crippen LogP contribution is -2.17. The summed E-state index contributed by atoms with van der Waals surface area (Å²) in [4.78, 5) is 0. The van der Waals surface area contributed by atoms with Crippen LogP contribution in [0.15, 0.2) is 18.2 Å². The first-order valence-corrected chi connectivity index (χ1v) is 6.69. The van der Waals surface area contributed by atoms with Gasteiger partial charge in [0, 0.05) is 16.6 Å². The van der Waals surface area contributed by atoms with E-state index in [1.165, 1.54) is 25.3 Å². The first kappa shape index (κ1) is 14.5. The molecule has 0 saturated heterocycles. The third-order valence-corrected chi connectivity index (χ3v) is 3.26. The molecule has 0 spiro atoms. The average molecular weight is 258 g/mol. The molecule has 1 aromatic carbocycles. The van der Waals surface area contributed by atoms with Crippen molar-refractivity contribution in [2.45, 2.75) is 45.1 Å². The van der Waals surface area contributed by atoms with E-state index >= 15 is 0 Å². The van der Waals surface area contributed by atoms with Gasteiger partial charge in [0.05, 0.1) is 0 Å². The van der Waals surface area contributed by atoms with E-state index < -0.39 is 0 Å². The van der Waals surface area contributed by atoms with Crippen LogP contribution in [-0.2, 0) is 0 Å². The summed E-state index contributed by atoms with van der Waals surface area (Å²) in [6.45, 7) is 2.19. The molecule has 1 unspecified atom stereocenters. The molecule has 0 bridgehead atoms. The van der Waals surface area contributed by atoms with Crippen LogP contribution in [0.2, 0.25) is 5.02 Å². The van der Waals surface area contributed by atoms with Crippen molar-refractivity contribution in [1.29, 1.82) is 0 Å². The topological polar surface area (TPSA) is 12.0 Å². The molecule has 1 aromatic rings. The van der Waals surface area contributed by atoms with Crippen LogP contribution < -0.4 is 5.32 Å². The van der Waals surface area contributed by atoms with Crippen LogP contribution in [0.1, 0.15) is 50.6 Å². The van der Waals surface area contributed by atoms with Gasteiger partial charge in [0.2, 0.25) is 0 Å². The first-order valence-electron chi connectivity index (χ1n) is 6.31. The van der Waals surface area contributed by atoms with Crippen LogP contribution in [0.4, 0.5) is 4.39 Å². The highest BCUT2D eigenvalue weighted by Crippen LogP contribution is 2.25. The Morgan fingerprint density at radius 2 is 2.06 bits per heavy atom. The van der Waals surface area contributed by atoms with Crippen LogP contribution in [-0.4, -0.2) is 7.05 Å². The second kappa shape index (κ2) is 7.67. The fraction of sp³-hybridized carbons (Fsp3) is 0.571. The molecule has 0 aromatic heterocycles. The standard InChI is InChI=1S/C14H21ClFN/c1-3-4-5-6-7-14(17-2)12-10-11(15)8-9-13(12)16/h8-10,14,17H,3-7H2,1-2H3. The summed E-state index contributed by atoms with van der Waals surface area (Å²) in [5, 5.41) is 3.76. The predicted octanol–water partition coefficient (Wildman–Crippen LogP) is 4.71. The highest BCUT2D eigenvalue weighted by atomic mass is 35.5. The van der Waals surface area contributed by atoms with E-state index in [0.717, 1.165) is 12.8 Å². The largest absolute Gasteiger partial charge is 0.313 e. The monoisotopic (exact) mass is 257 g/mol. The fourth-order valence-electron chi connectivity index (χ4n) is 2.01. The van der Waals surface area contributed by atoms with Crippen molar-refractivity contribution < 1.29 is 4.39 Å². The molecular weight excluding hydrogens is 237 g/mol. The van der Waals surface area contributed by atoms with E-state index in [1.54, 1.807) is 12.1 Å². The van der Waals surface area contributed by atoms with Gasteiger partial charge in [-0.1, -0.05) is 44.2 Å². The third-order valence-electron chi connectivity index (χ3n) is 3.03. The Morgan fingerprint density at radius 1 is 1.29 bits per heavy atom. The molecule has 0 saturated carbocycles. The van der Waals surface area contributed by atoms with Crippen LogP contribution in [0.5, 0.6) is 0 Å². The Bertz CT molecular complexity index is 341. The number of nitrogens with one attached hydrogen (secondary N) is 1. The smallest absolute Gasteiger partial charge is 0.128 e. The Labute approximate surface area is 108 Å². The minimum Gasteiger partial charge on any atom is -0.313 e. The first-order chi connectivity index (χ1) is 8.19. The Balaban J connectivity index is 2.62. The lowest BCUT2D eigenvalue weighted by molar-refractivity contribution is 0.480. The molecule has 1 N–H and O–H groups in total. The van der Waals surface area contributed by atoms with E-state index in [2.05, 4.69) is 12.2 Å². The second-order valence-corrected chi connectivity index (χ2v) is 4.79. The van der Waals surface area contributed by atoms with E-state index in [9.17, 15) is 4.39 Å². The Kier molecular flexibility index (Phi) is 6.53. The highest BCUT2D eigenvalue weighted by molar-refractivity contribution is 6.30. The minimum atomic E-state index is -0.177. The zero-order valence-electron chi connectivity index (χ0n) is 10.6. The molecule has 1 nitrogen and oxygen atoms in total. The Hall–Kier alpha value is -0.600. The van der Waals surface area contributed by atoms with Crippen molar-refractivity contribution >= 4 is 11.6 Å². The van der Waals surface area contributed by atoms with Crippen molar-refractivity contribution in [3.05, 3.63) is 34.6 Å². The van der Waals surface area contributed by atoms with Crippen molar-refractivity contribution in [2.75, 3.05) is 7.05 Å². The summed E-state index contributed by atoms with van der Waals surface area (Å²) in [5.41, 5.74) is 0.677. The van der Waals surface area contributed by atoms with Gasteiger partial charge in [-0.05, 0) is 31.7 Å². The molecule has 0 aliphatic heterocycles. The van der Waals surface area contributed by atoms with Crippen molar-refractivity contribution in [3.63, 3.8) is 0 Å². The SMILES string of the molecule is CCCCCCC(NC)c1cc(Cl)ccc1F. The summed E-state index contributed by atoms with van der Waals surface area (Å²) >= 11 is 5.91. The van der Waals surface area contributed by atoms with E-state index in [-0.39, 0.29) is 11.9 Å². The second-order valence-electron chi connectivity index (χ2n) is 4.36. The summed E-state index contributed by atoms with van der Waals surface area (Å²) < 4.78 is 13.7. The molecule has 3 heteroatoms. The van der Waals surface area contributed by atoms with Gasteiger partial charge in [-0.25, -0.2) is 4.39 Å². The zero-order valence-corrected chi connectivity index (χ0v) is 11.4. The van der Waals surface area contributed by atoms with Crippen molar-refractivity contribution in [1.82, 2.24) is 5.32 Å². The molecule has 0 heterocycles. The quantitative estimate of drug-likeness (QED) is 0.698. The average Bonchev–Trinajstić information content (AvgIpc) is 2.33. The van der Waals surface area contributed by atoms with Gasteiger partial charge in [0.15, 0.2) is 0 Å². The number of rotatable bonds is 7. The van der Waals surface area contributed by atoms with Gasteiger partial charge >= 0.3 is 0 Å². The maximum atomic E-state index is 13.7. The molecule has 0 radical (unpaired) electrons. The van der Waals surface area contributed by atoms with Crippen LogP contribution in [0, 0.1) is 5.82 Å². The van der Waals surface area contributed by atoms with Gasteiger partial charge in [0.1, 0.15) is 5.82 Å².